The van der Waals surface area contributed by atoms with Crippen LogP contribution in [0.4, 0.5) is 0 Å². The van der Waals surface area contributed by atoms with Crippen LogP contribution < -0.4 is 5.73 Å². The normalized spacial score (nSPS) is 12.4. The highest BCUT2D eigenvalue weighted by atomic mass is 35.5. The summed E-state index contributed by atoms with van der Waals surface area (Å²) in [5.74, 6) is 1.68. The van der Waals surface area contributed by atoms with Gasteiger partial charge in [-0.2, -0.15) is 0 Å². The lowest BCUT2D eigenvalue weighted by Gasteiger charge is -2.13. The molecule has 4 nitrogen and oxygen atoms in total. The molecule has 0 aliphatic carbocycles. The molecule has 3 rings (SSSR count). The van der Waals surface area contributed by atoms with Crippen LogP contribution in [0.1, 0.15) is 35.5 Å². The molecule has 6 heteroatoms. The SMILES string of the molecule is Cc1cccc(CSc2nnc([C@@H](C)[NH3+])n2-c2cc(Cl)ccc2C)c1. The maximum atomic E-state index is 6.23. The number of quaternary nitrogens is 1. The van der Waals surface area contributed by atoms with Gasteiger partial charge in [0, 0.05) is 10.8 Å². The van der Waals surface area contributed by atoms with Crippen LogP contribution in [0, 0.1) is 13.8 Å². The predicted molar refractivity (Wildman–Crippen MR) is 103 cm³/mol. The van der Waals surface area contributed by atoms with E-state index in [0.717, 1.165) is 28.0 Å². The summed E-state index contributed by atoms with van der Waals surface area (Å²) >= 11 is 7.91. The van der Waals surface area contributed by atoms with Gasteiger partial charge in [-0.3, -0.25) is 4.57 Å². The van der Waals surface area contributed by atoms with Gasteiger partial charge in [0.15, 0.2) is 11.0 Å². The largest absolute Gasteiger partial charge is 0.349 e. The van der Waals surface area contributed by atoms with Gasteiger partial charge in [-0.05, 0) is 44.0 Å². The molecule has 0 fully saturated rings. The van der Waals surface area contributed by atoms with Crippen molar-refractivity contribution in [1.82, 2.24) is 14.8 Å². The van der Waals surface area contributed by atoms with Gasteiger partial charge < -0.3 is 5.73 Å². The smallest absolute Gasteiger partial charge is 0.196 e. The summed E-state index contributed by atoms with van der Waals surface area (Å²) in [6.07, 6.45) is 0. The summed E-state index contributed by atoms with van der Waals surface area (Å²) in [5, 5.41) is 10.4. The highest BCUT2D eigenvalue weighted by Crippen LogP contribution is 2.29. The first-order chi connectivity index (χ1) is 12.0. The van der Waals surface area contributed by atoms with E-state index in [-0.39, 0.29) is 6.04 Å². The second-order valence-electron chi connectivity index (χ2n) is 6.29. The Bertz CT molecular complexity index is 889. The van der Waals surface area contributed by atoms with E-state index in [1.165, 1.54) is 11.1 Å². The van der Waals surface area contributed by atoms with E-state index < -0.39 is 0 Å². The van der Waals surface area contributed by atoms with Gasteiger partial charge in [-0.1, -0.05) is 59.3 Å². The number of aryl methyl sites for hydroxylation is 2. The van der Waals surface area contributed by atoms with E-state index in [0.29, 0.717) is 5.02 Å². The highest BCUT2D eigenvalue weighted by Gasteiger charge is 2.20. The first kappa shape index (κ1) is 18.0. The van der Waals surface area contributed by atoms with Crippen molar-refractivity contribution in [3.63, 3.8) is 0 Å². The average molecular weight is 374 g/mol. The minimum absolute atomic E-state index is 0.0270. The monoisotopic (exact) mass is 373 g/mol. The Morgan fingerprint density at radius 2 is 1.96 bits per heavy atom. The number of hydrogen-bond acceptors (Lipinski definition) is 3. The average Bonchev–Trinajstić information content (AvgIpc) is 2.99. The van der Waals surface area contributed by atoms with Crippen molar-refractivity contribution in [3.8, 4) is 5.69 Å². The molecular formula is C19H22ClN4S+. The van der Waals surface area contributed by atoms with Gasteiger partial charge in [-0.25, -0.2) is 0 Å². The summed E-state index contributed by atoms with van der Waals surface area (Å²) in [6.45, 7) is 6.20. The van der Waals surface area contributed by atoms with E-state index in [1.807, 2.05) is 25.1 Å². The molecule has 0 radical (unpaired) electrons. The van der Waals surface area contributed by atoms with Crippen LogP contribution in [-0.2, 0) is 5.75 Å². The third-order valence-corrected chi connectivity index (χ3v) is 5.20. The van der Waals surface area contributed by atoms with Crippen molar-refractivity contribution in [1.29, 1.82) is 0 Å². The van der Waals surface area contributed by atoms with E-state index in [4.69, 9.17) is 11.6 Å². The molecule has 25 heavy (non-hydrogen) atoms. The Kier molecular flexibility index (Phi) is 5.47. The fourth-order valence-corrected chi connectivity index (χ4v) is 3.75. The minimum Gasteiger partial charge on any atom is -0.349 e. The quantitative estimate of drug-likeness (QED) is 0.684. The standard InChI is InChI=1S/C19H21ClN4S/c1-12-5-4-6-15(9-12)11-25-19-23-22-18(14(3)21)24(19)17-10-16(20)8-7-13(17)2/h4-10,14H,11,21H2,1-3H3/p+1/t14-/m1/s1. The Morgan fingerprint density at radius 3 is 2.68 bits per heavy atom. The number of halogens is 1. The second kappa shape index (κ2) is 7.60. The fourth-order valence-electron chi connectivity index (χ4n) is 2.69. The number of nitrogens with zero attached hydrogens (tertiary/aromatic N) is 3. The first-order valence-corrected chi connectivity index (χ1v) is 9.55. The lowest BCUT2D eigenvalue weighted by atomic mass is 10.2. The van der Waals surface area contributed by atoms with Crippen LogP contribution in [-0.4, -0.2) is 14.8 Å². The number of hydrogen-bond donors (Lipinski definition) is 1. The molecule has 1 heterocycles. The van der Waals surface area contributed by atoms with Gasteiger partial charge >= 0.3 is 0 Å². The zero-order chi connectivity index (χ0) is 18.0. The van der Waals surface area contributed by atoms with Crippen molar-refractivity contribution >= 4 is 23.4 Å². The zero-order valence-electron chi connectivity index (χ0n) is 14.7. The molecule has 0 aliphatic heterocycles. The molecule has 0 saturated heterocycles. The summed E-state index contributed by atoms with van der Waals surface area (Å²) < 4.78 is 2.08. The van der Waals surface area contributed by atoms with Crippen LogP contribution in [0.15, 0.2) is 47.6 Å². The van der Waals surface area contributed by atoms with Crippen LogP contribution in [0.5, 0.6) is 0 Å². The molecule has 0 unspecified atom stereocenters. The molecule has 0 bridgehead atoms. The van der Waals surface area contributed by atoms with Crippen molar-refractivity contribution in [2.45, 2.75) is 37.7 Å². The van der Waals surface area contributed by atoms with E-state index >= 15 is 0 Å². The van der Waals surface area contributed by atoms with E-state index in [9.17, 15) is 0 Å². The molecule has 1 atom stereocenters. The van der Waals surface area contributed by atoms with Gasteiger partial charge in [0.25, 0.3) is 0 Å². The molecule has 3 N–H and O–H groups in total. The van der Waals surface area contributed by atoms with Crippen LogP contribution in [0.3, 0.4) is 0 Å². The topological polar surface area (TPSA) is 58.4 Å². The van der Waals surface area contributed by atoms with E-state index in [1.54, 1.807) is 11.8 Å². The maximum Gasteiger partial charge on any atom is 0.196 e. The van der Waals surface area contributed by atoms with Crippen LogP contribution in [0.25, 0.3) is 5.69 Å². The van der Waals surface area contributed by atoms with Crippen molar-refractivity contribution in [2.24, 2.45) is 0 Å². The summed E-state index contributed by atoms with van der Waals surface area (Å²) in [7, 11) is 0. The van der Waals surface area contributed by atoms with Crippen molar-refractivity contribution in [3.05, 3.63) is 70.0 Å². The van der Waals surface area contributed by atoms with Gasteiger partial charge in [0.05, 0.1) is 5.69 Å². The Hall–Kier alpha value is -1.82. The van der Waals surface area contributed by atoms with E-state index in [2.05, 4.69) is 58.6 Å². The summed E-state index contributed by atoms with van der Waals surface area (Å²) in [6, 6.07) is 14.4. The number of aromatic nitrogens is 3. The molecule has 130 valence electrons. The number of benzene rings is 2. The zero-order valence-corrected chi connectivity index (χ0v) is 16.2. The lowest BCUT2D eigenvalue weighted by Crippen LogP contribution is -2.52. The van der Waals surface area contributed by atoms with Crippen molar-refractivity contribution in [2.75, 3.05) is 0 Å². The van der Waals surface area contributed by atoms with Gasteiger partial charge in [0.1, 0.15) is 6.04 Å². The fraction of sp³-hybridized carbons (Fsp3) is 0.263. The molecule has 0 saturated carbocycles. The Morgan fingerprint density at radius 1 is 1.16 bits per heavy atom. The molecule has 2 aromatic carbocycles. The molecule has 1 aromatic heterocycles. The second-order valence-corrected chi connectivity index (χ2v) is 7.66. The summed E-state index contributed by atoms with van der Waals surface area (Å²) in [5.41, 5.74) is 8.79. The first-order valence-electron chi connectivity index (χ1n) is 8.19. The molecule has 0 spiro atoms. The van der Waals surface area contributed by atoms with Crippen LogP contribution in [0.2, 0.25) is 5.02 Å². The molecular weight excluding hydrogens is 352 g/mol. The maximum absolute atomic E-state index is 6.23. The lowest BCUT2D eigenvalue weighted by molar-refractivity contribution is -0.422. The minimum atomic E-state index is 0.0270. The van der Waals surface area contributed by atoms with Gasteiger partial charge in [-0.15, -0.1) is 10.2 Å². The highest BCUT2D eigenvalue weighted by molar-refractivity contribution is 7.98. The number of thioether (sulfide) groups is 1. The van der Waals surface area contributed by atoms with Crippen molar-refractivity contribution < 1.29 is 5.73 Å². The Balaban J connectivity index is 1.99. The Labute approximate surface area is 157 Å². The molecule has 0 amide bonds. The third kappa shape index (κ3) is 4.06. The molecule has 3 aromatic rings. The third-order valence-electron chi connectivity index (χ3n) is 3.96. The number of rotatable bonds is 5. The predicted octanol–water partition coefficient (Wildman–Crippen LogP) is 4.13. The van der Waals surface area contributed by atoms with Gasteiger partial charge in [0.2, 0.25) is 0 Å². The summed E-state index contributed by atoms with van der Waals surface area (Å²) in [4.78, 5) is 0. The van der Waals surface area contributed by atoms with Crippen LogP contribution >= 0.6 is 23.4 Å². The molecule has 0 aliphatic rings.